The van der Waals surface area contributed by atoms with E-state index in [-0.39, 0.29) is 6.79 Å². The standard InChI is InChI=1S/C18H15NO3S2/c1-11-19-14-4-3-13(7-18(14)24-11)15(20)9-23-8-12-2-5-16-17(6-12)22-10-21-16/h2-7,20H,1,8-10H2. The van der Waals surface area contributed by atoms with E-state index in [1.54, 1.807) is 11.8 Å². The van der Waals surface area contributed by atoms with Crippen LogP contribution in [0, 0.1) is 0 Å². The summed E-state index contributed by atoms with van der Waals surface area (Å²) < 4.78 is 12.5. The van der Waals surface area contributed by atoms with Gasteiger partial charge in [0.1, 0.15) is 10.4 Å². The lowest BCUT2D eigenvalue weighted by atomic mass is 10.2. The highest BCUT2D eigenvalue weighted by Crippen LogP contribution is 2.33. The van der Waals surface area contributed by atoms with Gasteiger partial charge < -0.3 is 14.6 Å². The summed E-state index contributed by atoms with van der Waals surface area (Å²) in [4.78, 5) is 4.33. The van der Waals surface area contributed by atoms with Gasteiger partial charge in [0.15, 0.2) is 11.5 Å². The van der Waals surface area contributed by atoms with Crippen molar-refractivity contribution in [3.8, 4) is 11.5 Å². The molecule has 0 unspecified atom stereocenters. The first-order chi connectivity index (χ1) is 11.7. The van der Waals surface area contributed by atoms with Gasteiger partial charge in [-0.15, -0.1) is 23.1 Å². The Morgan fingerprint density at radius 2 is 2.08 bits per heavy atom. The van der Waals surface area contributed by atoms with Crippen molar-refractivity contribution in [2.75, 3.05) is 12.5 Å². The van der Waals surface area contributed by atoms with Crippen LogP contribution < -0.4 is 19.4 Å². The fraction of sp³-hybridized carbons (Fsp3) is 0.167. The van der Waals surface area contributed by atoms with E-state index in [1.165, 1.54) is 11.3 Å². The van der Waals surface area contributed by atoms with Crippen LogP contribution in [0.5, 0.6) is 11.5 Å². The number of benzene rings is 2. The van der Waals surface area contributed by atoms with Crippen LogP contribution in [0.25, 0.3) is 22.6 Å². The van der Waals surface area contributed by atoms with Crippen LogP contribution in [0.2, 0.25) is 0 Å². The molecular formula is C18H15NO3S2. The first-order valence-electron chi connectivity index (χ1n) is 7.43. The maximum Gasteiger partial charge on any atom is 0.231 e. The van der Waals surface area contributed by atoms with Crippen LogP contribution in [-0.2, 0) is 5.75 Å². The Bertz CT molecular complexity index is 1010. The van der Waals surface area contributed by atoms with Crippen molar-refractivity contribution < 1.29 is 14.6 Å². The highest BCUT2D eigenvalue weighted by atomic mass is 32.2. The summed E-state index contributed by atoms with van der Waals surface area (Å²) in [6.45, 7) is 4.14. The molecule has 1 aliphatic rings. The number of fused-ring (bicyclic) bond motifs is 2. The zero-order chi connectivity index (χ0) is 16.5. The first-order valence-corrected chi connectivity index (χ1v) is 9.40. The molecule has 0 spiro atoms. The van der Waals surface area contributed by atoms with Gasteiger partial charge in [-0.25, -0.2) is 4.98 Å². The second kappa shape index (κ2) is 6.37. The minimum absolute atomic E-state index is 0.287. The number of hydrogen-bond donors (Lipinski definition) is 1. The second-order valence-corrected chi connectivity index (χ2v) is 7.52. The molecule has 6 heteroatoms. The monoisotopic (exact) mass is 357 g/mol. The minimum atomic E-state index is 0.287. The number of aliphatic hydroxyl groups is 1. The molecule has 1 aromatic heterocycles. The van der Waals surface area contributed by atoms with E-state index in [2.05, 4.69) is 11.6 Å². The Morgan fingerprint density at radius 3 is 3.00 bits per heavy atom. The summed E-state index contributed by atoms with van der Waals surface area (Å²) in [6.07, 6.45) is 0. The molecular weight excluding hydrogens is 342 g/mol. The highest BCUT2D eigenvalue weighted by Gasteiger charge is 2.13. The molecule has 1 N–H and O–H groups in total. The van der Waals surface area contributed by atoms with Crippen LogP contribution >= 0.6 is 23.1 Å². The van der Waals surface area contributed by atoms with E-state index in [0.29, 0.717) is 11.5 Å². The van der Waals surface area contributed by atoms with Gasteiger partial charge in [-0.1, -0.05) is 12.6 Å². The van der Waals surface area contributed by atoms with Gasteiger partial charge in [-0.2, -0.15) is 0 Å². The number of rotatable bonds is 4. The molecule has 2 aromatic carbocycles. The lowest BCUT2D eigenvalue weighted by Crippen LogP contribution is -2.06. The van der Waals surface area contributed by atoms with Crippen LogP contribution in [-0.4, -0.2) is 22.6 Å². The van der Waals surface area contributed by atoms with Gasteiger partial charge >= 0.3 is 0 Å². The Morgan fingerprint density at radius 1 is 1.21 bits per heavy atom. The zero-order valence-electron chi connectivity index (χ0n) is 12.8. The average molecular weight is 357 g/mol. The van der Waals surface area contributed by atoms with Crippen molar-refractivity contribution in [2.45, 2.75) is 5.75 Å². The molecule has 0 atom stereocenters. The molecule has 4 nitrogen and oxygen atoms in total. The van der Waals surface area contributed by atoms with E-state index in [0.717, 1.165) is 42.9 Å². The minimum Gasteiger partial charge on any atom is -0.511 e. The number of ether oxygens (including phenoxy) is 2. The molecule has 122 valence electrons. The van der Waals surface area contributed by atoms with Crippen molar-refractivity contribution in [3.05, 3.63) is 51.8 Å². The normalized spacial score (nSPS) is 14.2. The molecule has 0 fully saturated rings. The number of aromatic nitrogens is 1. The van der Waals surface area contributed by atoms with E-state index < -0.39 is 0 Å². The van der Waals surface area contributed by atoms with Crippen LogP contribution in [0.15, 0.2) is 36.4 Å². The lowest BCUT2D eigenvalue weighted by molar-refractivity contribution is 0.174. The molecule has 0 aliphatic carbocycles. The quantitative estimate of drug-likeness (QED) is 0.778. The first kappa shape index (κ1) is 15.4. The zero-order valence-corrected chi connectivity index (χ0v) is 14.5. The molecule has 0 saturated heterocycles. The average Bonchev–Trinajstić information content (AvgIpc) is 3.18. The third-order valence-electron chi connectivity index (χ3n) is 3.71. The molecule has 4 rings (SSSR count). The number of thioether (sulfide) groups is 1. The summed E-state index contributed by atoms with van der Waals surface area (Å²) in [5, 5.41) is 11.2. The summed E-state index contributed by atoms with van der Waals surface area (Å²) >= 11 is 3.19. The van der Waals surface area contributed by atoms with Gasteiger partial charge in [0.25, 0.3) is 0 Å². The predicted molar refractivity (Wildman–Crippen MR) is 99.2 cm³/mol. The second-order valence-electron chi connectivity index (χ2n) is 5.42. The van der Waals surface area contributed by atoms with Gasteiger partial charge in [0, 0.05) is 11.0 Å². The largest absolute Gasteiger partial charge is 0.511 e. The van der Waals surface area contributed by atoms with Crippen molar-refractivity contribution in [3.63, 3.8) is 0 Å². The van der Waals surface area contributed by atoms with E-state index in [9.17, 15) is 5.11 Å². The highest BCUT2D eigenvalue weighted by molar-refractivity contribution is 7.98. The van der Waals surface area contributed by atoms with Gasteiger partial charge in [0.2, 0.25) is 6.79 Å². The summed E-state index contributed by atoms with van der Waals surface area (Å²) in [7, 11) is 0. The van der Waals surface area contributed by atoms with Gasteiger partial charge in [-0.3, -0.25) is 0 Å². The number of thiazole rings is 1. The smallest absolute Gasteiger partial charge is 0.231 e. The van der Waals surface area contributed by atoms with Crippen molar-refractivity contribution in [2.24, 2.45) is 0 Å². The molecule has 0 radical (unpaired) electrons. The lowest BCUT2D eigenvalue weighted by Gasteiger charge is -2.04. The Kier molecular flexibility index (Phi) is 4.08. The Hall–Kier alpha value is -2.18. The van der Waals surface area contributed by atoms with Crippen molar-refractivity contribution >= 4 is 45.7 Å². The number of aliphatic hydroxyl groups excluding tert-OH is 1. The maximum atomic E-state index is 10.3. The molecule has 24 heavy (non-hydrogen) atoms. The number of hydrogen-bond acceptors (Lipinski definition) is 6. The molecule has 1 aliphatic heterocycles. The van der Waals surface area contributed by atoms with Crippen molar-refractivity contribution in [1.82, 2.24) is 4.98 Å². The summed E-state index contributed by atoms with van der Waals surface area (Å²) in [5.74, 6) is 3.31. The van der Waals surface area contributed by atoms with E-state index >= 15 is 0 Å². The SMILES string of the molecule is C=c1nc2ccc(=C(O)CSCc3ccc4c(c3)OCO4)cc2s1. The van der Waals surface area contributed by atoms with Gasteiger partial charge in [0.05, 0.1) is 16.0 Å². The third-order valence-corrected chi connectivity index (χ3v) is 5.60. The Balaban J connectivity index is 1.47. The fourth-order valence-corrected chi connectivity index (χ4v) is 4.21. The Labute approximate surface area is 147 Å². The predicted octanol–water partition coefficient (Wildman–Crippen LogP) is 3.03. The molecule has 0 amide bonds. The molecule has 0 bridgehead atoms. The van der Waals surface area contributed by atoms with Crippen molar-refractivity contribution in [1.29, 1.82) is 0 Å². The molecule has 0 saturated carbocycles. The van der Waals surface area contributed by atoms with Crippen LogP contribution in [0.4, 0.5) is 0 Å². The fourth-order valence-electron chi connectivity index (χ4n) is 2.53. The summed E-state index contributed by atoms with van der Waals surface area (Å²) in [6, 6.07) is 11.7. The van der Waals surface area contributed by atoms with Crippen LogP contribution in [0.1, 0.15) is 5.56 Å². The summed E-state index contributed by atoms with van der Waals surface area (Å²) in [5.41, 5.74) is 2.08. The van der Waals surface area contributed by atoms with E-state index in [4.69, 9.17) is 9.47 Å². The van der Waals surface area contributed by atoms with E-state index in [1.807, 2.05) is 36.4 Å². The third kappa shape index (κ3) is 3.07. The van der Waals surface area contributed by atoms with Crippen LogP contribution in [0.3, 0.4) is 0 Å². The maximum absolute atomic E-state index is 10.3. The molecule has 2 heterocycles. The molecule has 3 aromatic rings. The topological polar surface area (TPSA) is 51.6 Å². The van der Waals surface area contributed by atoms with Gasteiger partial charge in [-0.05, 0) is 35.9 Å². The number of nitrogens with zero attached hydrogens (tertiary/aromatic N) is 1.